The Bertz CT molecular complexity index is 994. The van der Waals surface area contributed by atoms with Crippen molar-refractivity contribution in [3.63, 3.8) is 0 Å². The highest BCUT2D eigenvalue weighted by Crippen LogP contribution is 2.40. The Morgan fingerprint density at radius 2 is 1.71 bits per heavy atom. The number of nitrogens with zero attached hydrogens (tertiary/aromatic N) is 3. The second-order valence-electron chi connectivity index (χ2n) is 8.15. The number of hydrogen-bond acceptors (Lipinski definition) is 9. The van der Waals surface area contributed by atoms with Crippen molar-refractivity contribution in [3.05, 3.63) is 54.1 Å². The molecule has 8 nitrogen and oxygen atoms in total. The first-order valence-electron chi connectivity index (χ1n) is 11.6. The van der Waals surface area contributed by atoms with E-state index in [0.717, 1.165) is 44.2 Å². The molecule has 1 fully saturated rings. The molecule has 0 bridgehead atoms. The average Bonchev–Trinajstić information content (AvgIpc) is 3.04. The van der Waals surface area contributed by atoms with Crippen molar-refractivity contribution in [2.75, 3.05) is 66.3 Å². The monoisotopic (exact) mass is 484 g/mol. The highest BCUT2D eigenvalue weighted by molar-refractivity contribution is 7.99. The number of para-hydroxylation sites is 1. The standard InChI is InChI=1S/C25H32N4O4S/c1-31-25(30)20(26)18-33-17-16-32-15-14-28-10-12-29(13-11-28)24-19-6-2-4-8-22(19)34-23-9-5-3-7-21(23)27-24/h2-9,20H,10-18,26H2,1H3. The summed E-state index contributed by atoms with van der Waals surface area (Å²) in [6.45, 7) is 6.29. The molecule has 34 heavy (non-hydrogen) atoms. The summed E-state index contributed by atoms with van der Waals surface area (Å²) in [5.74, 6) is 0.590. The smallest absolute Gasteiger partial charge is 0.325 e. The van der Waals surface area contributed by atoms with Crippen LogP contribution in [0.1, 0.15) is 5.56 Å². The maximum atomic E-state index is 11.2. The first-order chi connectivity index (χ1) is 16.7. The minimum absolute atomic E-state index is 0.133. The molecule has 0 aromatic heterocycles. The predicted molar refractivity (Wildman–Crippen MR) is 133 cm³/mol. The number of carbonyl (C=O) groups excluding carboxylic acids is 1. The number of ether oxygens (including phenoxy) is 3. The normalized spacial score (nSPS) is 16.8. The number of fused-ring (bicyclic) bond motifs is 2. The molecule has 2 aromatic carbocycles. The van der Waals surface area contributed by atoms with Gasteiger partial charge in [0.1, 0.15) is 11.9 Å². The first kappa shape index (κ1) is 24.7. The van der Waals surface area contributed by atoms with Gasteiger partial charge in [0.15, 0.2) is 0 Å². The number of aliphatic imine (C=N–C) groups is 1. The number of carbonyl (C=O) groups is 1. The van der Waals surface area contributed by atoms with Crippen LogP contribution in [-0.4, -0.2) is 93.9 Å². The highest BCUT2D eigenvalue weighted by atomic mass is 32.2. The van der Waals surface area contributed by atoms with Crippen LogP contribution in [0.4, 0.5) is 5.69 Å². The highest BCUT2D eigenvalue weighted by Gasteiger charge is 2.25. The SMILES string of the molecule is COC(=O)C(N)COCCOCCN1CCN(C2=Nc3ccccc3Sc3ccccc32)CC1. The molecule has 0 aliphatic carbocycles. The number of rotatable bonds is 9. The van der Waals surface area contributed by atoms with Gasteiger partial charge in [0.05, 0.1) is 39.2 Å². The van der Waals surface area contributed by atoms with Crippen molar-refractivity contribution in [2.24, 2.45) is 10.7 Å². The Morgan fingerprint density at radius 1 is 1.00 bits per heavy atom. The van der Waals surface area contributed by atoms with Crippen molar-refractivity contribution in [1.82, 2.24) is 9.80 Å². The molecule has 9 heteroatoms. The van der Waals surface area contributed by atoms with Gasteiger partial charge in [-0.15, -0.1) is 0 Å². The summed E-state index contributed by atoms with van der Waals surface area (Å²) in [6.07, 6.45) is 0. The molecule has 182 valence electrons. The van der Waals surface area contributed by atoms with Gasteiger partial charge in [0, 0.05) is 48.1 Å². The van der Waals surface area contributed by atoms with E-state index in [2.05, 4.69) is 57.0 Å². The molecular formula is C25H32N4O4S. The third-order valence-corrected chi connectivity index (χ3v) is 6.98. The fourth-order valence-electron chi connectivity index (χ4n) is 3.94. The van der Waals surface area contributed by atoms with Crippen LogP contribution >= 0.6 is 11.8 Å². The quantitative estimate of drug-likeness (QED) is 0.429. The lowest BCUT2D eigenvalue weighted by atomic mass is 10.1. The minimum atomic E-state index is -0.751. The summed E-state index contributed by atoms with van der Waals surface area (Å²) in [4.78, 5) is 23.6. The van der Waals surface area contributed by atoms with Gasteiger partial charge in [-0.1, -0.05) is 42.1 Å². The Hall–Kier alpha value is -2.43. The fraction of sp³-hybridized carbons (Fsp3) is 0.440. The molecule has 2 aliphatic rings. The van der Waals surface area contributed by atoms with E-state index in [0.29, 0.717) is 19.8 Å². The topological polar surface area (TPSA) is 89.6 Å². The Balaban J connectivity index is 1.23. The third kappa shape index (κ3) is 6.37. The summed E-state index contributed by atoms with van der Waals surface area (Å²) in [5, 5.41) is 0. The molecule has 0 amide bonds. The molecular weight excluding hydrogens is 452 g/mol. The number of benzene rings is 2. The van der Waals surface area contributed by atoms with Crippen LogP contribution in [0, 0.1) is 0 Å². The summed E-state index contributed by atoms with van der Waals surface area (Å²) in [6, 6.07) is 16.1. The lowest BCUT2D eigenvalue weighted by Gasteiger charge is -2.36. The van der Waals surface area contributed by atoms with Crippen molar-refractivity contribution in [2.45, 2.75) is 15.8 Å². The van der Waals surface area contributed by atoms with Gasteiger partial charge in [0.2, 0.25) is 0 Å². The molecule has 0 saturated carbocycles. The summed E-state index contributed by atoms with van der Waals surface area (Å²) in [5.41, 5.74) is 7.86. The van der Waals surface area contributed by atoms with Crippen molar-refractivity contribution in [3.8, 4) is 0 Å². The fourth-order valence-corrected chi connectivity index (χ4v) is 4.95. The zero-order valence-corrected chi connectivity index (χ0v) is 20.3. The molecule has 2 aliphatic heterocycles. The Kier molecular flexibility index (Phi) is 8.95. The molecule has 1 atom stereocenters. The van der Waals surface area contributed by atoms with Gasteiger partial charge in [-0.25, -0.2) is 4.99 Å². The lowest BCUT2D eigenvalue weighted by Crippen LogP contribution is -2.49. The van der Waals surface area contributed by atoms with E-state index in [4.69, 9.17) is 20.2 Å². The maximum absolute atomic E-state index is 11.2. The van der Waals surface area contributed by atoms with E-state index in [9.17, 15) is 4.79 Å². The molecule has 1 unspecified atom stereocenters. The zero-order valence-electron chi connectivity index (χ0n) is 19.5. The number of esters is 1. The molecule has 1 saturated heterocycles. The summed E-state index contributed by atoms with van der Waals surface area (Å²) >= 11 is 1.79. The Labute approximate surface area is 205 Å². The zero-order chi connectivity index (χ0) is 23.8. The van der Waals surface area contributed by atoms with E-state index in [1.54, 1.807) is 11.8 Å². The van der Waals surface area contributed by atoms with Crippen LogP contribution < -0.4 is 5.73 Å². The minimum Gasteiger partial charge on any atom is -0.468 e. The van der Waals surface area contributed by atoms with Crippen molar-refractivity contribution in [1.29, 1.82) is 0 Å². The second-order valence-corrected chi connectivity index (χ2v) is 9.23. The average molecular weight is 485 g/mol. The van der Waals surface area contributed by atoms with E-state index < -0.39 is 12.0 Å². The Morgan fingerprint density at radius 3 is 2.50 bits per heavy atom. The van der Waals surface area contributed by atoms with Crippen LogP contribution in [0.3, 0.4) is 0 Å². The molecule has 2 N–H and O–H groups in total. The summed E-state index contributed by atoms with van der Waals surface area (Å²) in [7, 11) is 1.31. The number of amidine groups is 1. The molecule has 2 heterocycles. The van der Waals surface area contributed by atoms with E-state index >= 15 is 0 Å². The van der Waals surface area contributed by atoms with Crippen LogP contribution in [0.5, 0.6) is 0 Å². The number of nitrogens with two attached hydrogens (primary N) is 1. The number of piperazine rings is 1. The van der Waals surface area contributed by atoms with Crippen LogP contribution in [0.2, 0.25) is 0 Å². The van der Waals surface area contributed by atoms with Crippen LogP contribution in [-0.2, 0) is 19.0 Å². The maximum Gasteiger partial charge on any atom is 0.325 e. The van der Waals surface area contributed by atoms with E-state index in [-0.39, 0.29) is 6.61 Å². The molecule has 4 rings (SSSR count). The van der Waals surface area contributed by atoms with Crippen LogP contribution in [0.15, 0.2) is 63.3 Å². The van der Waals surface area contributed by atoms with Gasteiger partial charge in [-0.2, -0.15) is 0 Å². The largest absolute Gasteiger partial charge is 0.468 e. The number of methoxy groups -OCH3 is 1. The van der Waals surface area contributed by atoms with E-state index in [1.807, 2.05) is 6.07 Å². The van der Waals surface area contributed by atoms with Gasteiger partial charge in [-0.3, -0.25) is 9.69 Å². The predicted octanol–water partition coefficient (Wildman–Crippen LogP) is 2.38. The van der Waals surface area contributed by atoms with Gasteiger partial charge >= 0.3 is 5.97 Å². The molecule has 0 spiro atoms. The van der Waals surface area contributed by atoms with Crippen molar-refractivity contribution < 1.29 is 19.0 Å². The van der Waals surface area contributed by atoms with Gasteiger partial charge < -0.3 is 24.8 Å². The van der Waals surface area contributed by atoms with E-state index in [1.165, 1.54) is 22.5 Å². The number of hydrogen-bond donors (Lipinski definition) is 1. The first-order valence-corrected chi connectivity index (χ1v) is 12.4. The van der Waals surface area contributed by atoms with Crippen molar-refractivity contribution >= 4 is 29.3 Å². The lowest BCUT2D eigenvalue weighted by molar-refractivity contribution is -0.143. The van der Waals surface area contributed by atoms with Crippen LogP contribution in [0.25, 0.3) is 0 Å². The molecule has 0 radical (unpaired) electrons. The third-order valence-electron chi connectivity index (χ3n) is 5.84. The second kappa shape index (κ2) is 12.3. The van der Waals surface area contributed by atoms with Gasteiger partial charge in [-0.05, 0) is 18.2 Å². The van der Waals surface area contributed by atoms with Gasteiger partial charge in [0.25, 0.3) is 0 Å². The molecule has 2 aromatic rings. The summed E-state index contributed by atoms with van der Waals surface area (Å²) < 4.78 is 15.6.